The van der Waals surface area contributed by atoms with E-state index in [1.54, 1.807) is 15.8 Å². The molecule has 2 aromatic heterocycles. The van der Waals surface area contributed by atoms with E-state index < -0.39 is 17.6 Å². The molecule has 0 unspecified atom stereocenters. The zero-order valence-electron chi connectivity index (χ0n) is 14.8. The Labute approximate surface area is 164 Å². The van der Waals surface area contributed by atoms with Crippen molar-refractivity contribution in [2.45, 2.75) is 39.3 Å². The molecule has 1 aliphatic rings. The summed E-state index contributed by atoms with van der Waals surface area (Å²) in [7, 11) is 0. The van der Waals surface area contributed by atoms with Gasteiger partial charge in [-0.1, -0.05) is 0 Å². The minimum Gasteiger partial charge on any atom is -0.444 e. The first-order chi connectivity index (χ1) is 12.2. The highest BCUT2D eigenvalue weighted by molar-refractivity contribution is 14.1. The number of aromatic nitrogens is 3. The molecule has 9 heteroatoms. The van der Waals surface area contributed by atoms with Gasteiger partial charge in [0.05, 0.1) is 12.2 Å². The van der Waals surface area contributed by atoms with Crippen LogP contribution in [0.25, 0.3) is 5.82 Å². The second-order valence-electron chi connectivity index (χ2n) is 7.03. The van der Waals surface area contributed by atoms with E-state index in [0.29, 0.717) is 24.3 Å². The standard InChI is InChI=1S/C17H20IN5O3/c1-17(2,3)26-16(25)22-7-5-12-11(9-22)14(15(19)24)21-23(12)13-8-10(18)4-6-20-13/h4,6,8H,5,7,9H2,1-3H3,(H2,19,24). The molecule has 0 atom stereocenters. The van der Waals surface area contributed by atoms with Crippen LogP contribution < -0.4 is 5.73 Å². The third-order valence-corrected chi connectivity index (χ3v) is 4.54. The van der Waals surface area contributed by atoms with E-state index in [-0.39, 0.29) is 12.2 Å². The number of halogens is 1. The number of pyridine rings is 1. The number of primary amides is 1. The summed E-state index contributed by atoms with van der Waals surface area (Å²) in [6, 6.07) is 3.75. The summed E-state index contributed by atoms with van der Waals surface area (Å²) in [4.78, 5) is 30.1. The maximum Gasteiger partial charge on any atom is 0.410 e. The van der Waals surface area contributed by atoms with Gasteiger partial charge in [-0.2, -0.15) is 5.10 Å². The van der Waals surface area contributed by atoms with Crippen LogP contribution in [0.15, 0.2) is 18.3 Å². The minimum atomic E-state index is -0.628. The summed E-state index contributed by atoms with van der Waals surface area (Å²) in [6.45, 7) is 6.14. The van der Waals surface area contributed by atoms with E-state index in [9.17, 15) is 9.59 Å². The summed E-state index contributed by atoms with van der Waals surface area (Å²) >= 11 is 2.19. The van der Waals surface area contributed by atoms with Crippen LogP contribution in [-0.4, -0.2) is 43.8 Å². The van der Waals surface area contributed by atoms with Gasteiger partial charge in [-0.15, -0.1) is 0 Å². The van der Waals surface area contributed by atoms with Crippen molar-refractivity contribution >= 4 is 34.6 Å². The molecule has 3 heterocycles. The van der Waals surface area contributed by atoms with Crippen molar-refractivity contribution in [1.82, 2.24) is 19.7 Å². The van der Waals surface area contributed by atoms with Crippen molar-refractivity contribution < 1.29 is 14.3 Å². The lowest BCUT2D eigenvalue weighted by atomic mass is 10.1. The molecule has 0 fully saturated rings. The van der Waals surface area contributed by atoms with Crippen LogP contribution in [0.3, 0.4) is 0 Å². The van der Waals surface area contributed by atoms with Gasteiger partial charge in [0, 0.05) is 28.3 Å². The molecule has 2 aromatic rings. The van der Waals surface area contributed by atoms with Crippen molar-refractivity contribution in [3.05, 3.63) is 38.9 Å². The van der Waals surface area contributed by atoms with Crippen molar-refractivity contribution in [3.63, 3.8) is 0 Å². The van der Waals surface area contributed by atoms with E-state index in [1.165, 1.54) is 0 Å². The maximum atomic E-state index is 12.4. The van der Waals surface area contributed by atoms with Crippen LogP contribution in [-0.2, 0) is 17.7 Å². The highest BCUT2D eigenvalue weighted by atomic mass is 127. The van der Waals surface area contributed by atoms with E-state index in [1.807, 2.05) is 32.9 Å². The molecule has 0 aliphatic carbocycles. The molecule has 3 rings (SSSR count). The Morgan fingerprint density at radius 2 is 2.08 bits per heavy atom. The Kier molecular flexibility index (Phi) is 4.91. The van der Waals surface area contributed by atoms with E-state index in [0.717, 1.165) is 9.26 Å². The molecule has 0 bridgehead atoms. The van der Waals surface area contributed by atoms with Crippen LogP contribution in [0.1, 0.15) is 42.5 Å². The number of hydrogen-bond acceptors (Lipinski definition) is 5. The molecular formula is C17H20IN5O3. The Morgan fingerprint density at radius 3 is 2.69 bits per heavy atom. The lowest BCUT2D eigenvalue weighted by Crippen LogP contribution is -2.40. The first-order valence-corrected chi connectivity index (χ1v) is 9.24. The van der Waals surface area contributed by atoms with Gasteiger partial charge in [-0.25, -0.2) is 14.5 Å². The Morgan fingerprint density at radius 1 is 1.35 bits per heavy atom. The van der Waals surface area contributed by atoms with Gasteiger partial charge in [0.2, 0.25) is 0 Å². The lowest BCUT2D eigenvalue weighted by molar-refractivity contribution is 0.0222. The molecule has 1 aliphatic heterocycles. The van der Waals surface area contributed by atoms with Crippen LogP contribution in [0.2, 0.25) is 0 Å². The highest BCUT2D eigenvalue weighted by Crippen LogP contribution is 2.26. The van der Waals surface area contributed by atoms with Gasteiger partial charge in [0.25, 0.3) is 5.91 Å². The second kappa shape index (κ2) is 6.86. The number of fused-ring (bicyclic) bond motifs is 1. The molecule has 0 radical (unpaired) electrons. The summed E-state index contributed by atoms with van der Waals surface area (Å²) in [5.41, 5.74) is 6.58. The van der Waals surface area contributed by atoms with Crippen molar-refractivity contribution in [3.8, 4) is 5.82 Å². The van der Waals surface area contributed by atoms with Gasteiger partial charge in [-0.05, 0) is 55.5 Å². The Bertz CT molecular complexity index is 872. The summed E-state index contributed by atoms with van der Waals surface area (Å²) in [5, 5.41) is 4.37. The number of nitrogens with zero attached hydrogens (tertiary/aromatic N) is 4. The monoisotopic (exact) mass is 469 g/mol. The smallest absolute Gasteiger partial charge is 0.410 e. The molecule has 26 heavy (non-hydrogen) atoms. The second-order valence-corrected chi connectivity index (χ2v) is 8.28. The fourth-order valence-corrected chi connectivity index (χ4v) is 3.24. The van der Waals surface area contributed by atoms with Crippen LogP contribution >= 0.6 is 22.6 Å². The maximum absolute atomic E-state index is 12.4. The van der Waals surface area contributed by atoms with E-state index in [4.69, 9.17) is 10.5 Å². The molecule has 2 amide bonds. The average Bonchev–Trinajstić information content (AvgIpc) is 2.92. The van der Waals surface area contributed by atoms with Gasteiger partial charge in [0.1, 0.15) is 5.60 Å². The molecule has 138 valence electrons. The molecule has 0 saturated heterocycles. The quantitative estimate of drug-likeness (QED) is 0.680. The number of carbonyl (C=O) groups is 2. The Hall–Kier alpha value is -2.17. The number of rotatable bonds is 2. The van der Waals surface area contributed by atoms with E-state index in [2.05, 4.69) is 32.7 Å². The first kappa shape index (κ1) is 18.6. The van der Waals surface area contributed by atoms with Crippen molar-refractivity contribution in [2.24, 2.45) is 5.73 Å². The molecule has 0 aromatic carbocycles. The van der Waals surface area contributed by atoms with Gasteiger partial charge >= 0.3 is 6.09 Å². The SMILES string of the molecule is CC(C)(C)OC(=O)N1CCc2c(c(C(N)=O)nn2-c2cc(I)ccn2)C1. The summed E-state index contributed by atoms with van der Waals surface area (Å²) in [6.07, 6.45) is 1.80. The molecule has 0 spiro atoms. The zero-order chi connectivity index (χ0) is 19.1. The highest BCUT2D eigenvalue weighted by Gasteiger charge is 2.32. The fourth-order valence-electron chi connectivity index (χ4n) is 2.80. The van der Waals surface area contributed by atoms with Crippen LogP contribution in [0, 0.1) is 3.57 Å². The third kappa shape index (κ3) is 3.81. The number of ether oxygens (including phenoxy) is 1. The van der Waals surface area contributed by atoms with Crippen LogP contribution in [0.5, 0.6) is 0 Å². The van der Waals surface area contributed by atoms with Crippen molar-refractivity contribution in [1.29, 1.82) is 0 Å². The minimum absolute atomic E-state index is 0.161. The van der Waals surface area contributed by atoms with Crippen LogP contribution in [0.4, 0.5) is 4.79 Å². The molecule has 2 N–H and O–H groups in total. The molecule has 0 saturated carbocycles. The Balaban J connectivity index is 1.97. The predicted octanol–water partition coefficient (Wildman–Crippen LogP) is 2.26. The topological polar surface area (TPSA) is 103 Å². The largest absolute Gasteiger partial charge is 0.444 e. The number of nitrogens with two attached hydrogens (primary N) is 1. The first-order valence-electron chi connectivity index (χ1n) is 8.16. The van der Waals surface area contributed by atoms with Gasteiger partial charge in [0.15, 0.2) is 11.5 Å². The predicted molar refractivity (Wildman–Crippen MR) is 103 cm³/mol. The zero-order valence-corrected chi connectivity index (χ0v) is 17.0. The third-order valence-electron chi connectivity index (χ3n) is 3.87. The fraction of sp³-hybridized carbons (Fsp3) is 0.412. The summed E-state index contributed by atoms with van der Waals surface area (Å²) in [5.74, 6) is -0.0111. The molecule has 8 nitrogen and oxygen atoms in total. The lowest BCUT2D eigenvalue weighted by Gasteiger charge is -2.30. The number of amides is 2. The number of carbonyl (C=O) groups excluding carboxylic acids is 2. The van der Waals surface area contributed by atoms with Gasteiger partial charge < -0.3 is 15.4 Å². The summed E-state index contributed by atoms with van der Waals surface area (Å²) < 4.78 is 8.08. The van der Waals surface area contributed by atoms with Crippen molar-refractivity contribution in [2.75, 3.05) is 6.54 Å². The van der Waals surface area contributed by atoms with Gasteiger partial charge in [-0.3, -0.25) is 4.79 Å². The normalized spacial score (nSPS) is 14.1. The number of hydrogen-bond donors (Lipinski definition) is 1. The average molecular weight is 469 g/mol. The van der Waals surface area contributed by atoms with E-state index >= 15 is 0 Å². The molecular weight excluding hydrogens is 449 g/mol.